The van der Waals surface area contributed by atoms with Gasteiger partial charge in [0.05, 0.1) is 17.3 Å². The number of hydrogen-bond donors (Lipinski definition) is 1. The Labute approximate surface area is 108 Å². The third-order valence-electron chi connectivity index (χ3n) is 1.86. The summed E-state index contributed by atoms with van der Waals surface area (Å²) in [6.07, 6.45) is 0.225. The Morgan fingerprint density at radius 1 is 1.73 bits per heavy atom. The number of ether oxygens (including phenoxy) is 1. The molecule has 0 aromatic carbocycles. The third kappa shape index (κ3) is 4.10. The second-order valence-electron chi connectivity index (χ2n) is 2.99. The quantitative estimate of drug-likeness (QED) is 0.873. The van der Waals surface area contributed by atoms with Crippen LogP contribution in [0.4, 0.5) is 0 Å². The van der Waals surface area contributed by atoms with Crippen molar-refractivity contribution in [2.24, 2.45) is 5.73 Å². The molecule has 0 radical (unpaired) electrons. The minimum atomic E-state index is -0.278. The van der Waals surface area contributed by atoms with E-state index in [1.165, 1.54) is 7.11 Å². The van der Waals surface area contributed by atoms with Crippen LogP contribution in [-0.4, -0.2) is 13.1 Å². The lowest BCUT2D eigenvalue weighted by Gasteiger charge is -2.06. The maximum absolute atomic E-state index is 11.0. The summed E-state index contributed by atoms with van der Waals surface area (Å²) in [4.78, 5) is 12.0. The van der Waals surface area contributed by atoms with E-state index >= 15 is 0 Å². The molecule has 15 heavy (non-hydrogen) atoms. The van der Waals surface area contributed by atoms with Crippen molar-refractivity contribution in [1.29, 1.82) is 0 Å². The number of thiophene rings is 1. The van der Waals surface area contributed by atoms with Gasteiger partial charge in [-0.2, -0.15) is 0 Å². The molecule has 2 N–H and O–H groups in total. The Morgan fingerprint density at radius 2 is 2.33 bits per heavy atom. The molecule has 0 bridgehead atoms. The average Bonchev–Trinajstić information content (AvgIpc) is 2.47. The van der Waals surface area contributed by atoms with Crippen molar-refractivity contribution >= 4 is 45.6 Å². The van der Waals surface area contributed by atoms with Gasteiger partial charge < -0.3 is 10.5 Å². The average molecular weight is 315 g/mol. The van der Waals surface area contributed by atoms with E-state index in [2.05, 4.69) is 20.7 Å². The Balaban J connectivity index is 0.00000196. The Bertz CT molecular complexity index is 323. The van der Waals surface area contributed by atoms with Crippen molar-refractivity contribution in [2.75, 3.05) is 7.11 Å². The van der Waals surface area contributed by atoms with Gasteiger partial charge in [-0.25, -0.2) is 0 Å². The lowest BCUT2D eigenvalue weighted by Crippen LogP contribution is -2.15. The summed E-state index contributed by atoms with van der Waals surface area (Å²) in [5, 5.41) is 0. The smallest absolute Gasteiger partial charge is 0.307 e. The van der Waals surface area contributed by atoms with Gasteiger partial charge in [-0.3, -0.25) is 4.79 Å². The SMILES string of the molecule is COC(=O)C[C@@H](N)c1cc(C)c(Br)s1.Cl. The van der Waals surface area contributed by atoms with Gasteiger partial charge in [-0.05, 0) is 34.5 Å². The summed E-state index contributed by atoms with van der Waals surface area (Å²) >= 11 is 4.97. The monoisotopic (exact) mass is 313 g/mol. The lowest BCUT2D eigenvalue weighted by molar-refractivity contribution is -0.141. The molecular formula is C9H13BrClNO2S. The van der Waals surface area contributed by atoms with Crippen LogP contribution in [0.25, 0.3) is 0 Å². The fraction of sp³-hybridized carbons (Fsp3) is 0.444. The molecule has 0 aliphatic carbocycles. The molecule has 1 aromatic heterocycles. The van der Waals surface area contributed by atoms with Crippen molar-refractivity contribution in [3.63, 3.8) is 0 Å². The topological polar surface area (TPSA) is 52.3 Å². The molecule has 0 spiro atoms. The third-order valence-corrected chi connectivity index (χ3v) is 4.12. The van der Waals surface area contributed by atoms with Crippen molar-refractivity contribution in [1.82, 2.24) is 0 Å². The first-order valence-corrected chi connectivity index (χ1v) is 5.73. The van der Waals surface area contributed by atoms with Crippen LogP contribution in [0, 0.1) is 6.92 Å². The fourth-order valence-corrected chi connectivity index (χ4v) is 2.60. The number of hydrogen-bond acceptors (Lipinski definition) is 4. The second-order valence-corrected chi connectivity index (χ2v) is 5.39. The van der Waals surface area contributed by atoms with Crippen LogP contribution in [0.15, 0.2) is 9.85 Å². The van der Waals surface area contributed by atoms with Gasteiger partial charge in [0.2, 0.25) is 0 Å². The van der Waals surface area contributed by atoms with E-state index in [4.69, 9.17) is 5.73 Å². The minimum Gasteiger partial charge on any atom is -0.469 e. The van der Waals surface area contributed by atoms with Crippen molar-refractivity contribution in [2.45, 2.75) is 19.4 Å². The normalized spacial score (nSPS) is 11.7. The molecule has 1 rings (SSSR count). The number of halogens is 2. The summed E-state index contributed by atoms with van der Waals surface area (Å²) < 4.78 is 5.62. The molecule has 0 amide bonds. The van der Waals surface area contributed by atoms with Gasteiger partial charge in [0, 0.05) is 10.9 Å². The number of carbonyl (C=O) groups is 1. The van der Waals surface area contributed by atoms with Crippen LogP contribution in [0.1, 0.15) is 22.9 Å². The minimum absolute atomic E-state index is 0. The van der Waals surface area contributed by atoms with Crippen LogP contribution in [0.5, 0.6) is 0 Å². The molecule has 3 nitrogen and oxygen atoms in total. The molecule has 1 heterocycles. The van der Waals surface area contributed by atoms with E-state index < -0.39 is 0 Å². The number of carbonyl (C=O) groups excluding carboxylic acids is 1. The first-order valence-electron chi connectivity index (χ1n) is 4.12. The zero-order chi connectivity index (χ0) is 10.7. The van der Waals surface area contributed by atoms with Crippen LogP contribution in [0.2, 0.25) is 0 Å². The van der Waals surface area contributed by atoms with Crippen molar-refractivity contribution in [3.8, 4) is 0 Å². The summed E-state index contributed by atoms with van der Waals surface area (Å²) in [7, 11) is 1.37. The van der Waals surface area contributed by atoms with Gasteiger partial charge in [-0.1, -0.05) is 0 Å². The second kappa shape index (κ2) is 6.48. The molecule has 0 saturated heterocycles. The molecular weight excluding hydrogens is 302 g/mol. The van der Waals surface area contributed by atoms with Gasteiger partial charge in [0.15, 0.2) is 0 Å². The van der Waals surface area contributed by atoms with E-state index in [0.717, 1.165) is 14.2 Å². The highest BCUT2D eigenvalue weighted by Crippen LogP contribution is 2.31. The van der Waals surface area contributed by atoms with Crippen LogP contribution in [-0.2, 0) is 9.53 Å². The summed E-state index contributed by atoms with van der Waals surface area (Å²) in [6.45, 7) is 1.99. The maximum Gasteiger partial charge on any atom is 0.307 e. The zero-order valence-corrected chi connectivity index (χ0v) is 11.7. The highest BCUT2D eigenvalue weighted by molar-refractivity contribution is 9.11. The number of methoxy groups -OCH3 is 1. The first kappa shape index (κ1) is 14.9. The predicted molar refractivity (Wildman–Crippen MR) is 67.6 cm³/mol. The number of rotatable bonds is 3. The molecule has 0 unspecified atom stereocenters. The largest absolute Gasteiger partial charge is 0.469 e. The summed E-state index contributed by atoms with van der Waals surface area (Å²) in [5.41, 5.74) is 6.99. The predicted octanol–water partition coefficient (Wildman–Crippen LogP) is 2.80. The molecule has 0 saturated carbocycles. The molecule has 1 atom stereocenters. The summed E-state index contributed by atoms with van der Waals surface area (Å²) in [6, 6.07) is 1.72. The standard InChI is InChI=1S/C9H12BrNO2S.ClH/c1-5-3-7(14-9(5)10)6(11)4-8(12)13-2;/h3,6H,4,11H2,1-2H3;1H/t6-;/m1./s1. The number of nitrogens with two attached hydrogens (primary N) is 1. The van der Waals surface area contributed by atoms with Crippen LogP contribution < -0.4 is 5.73 Å². The number of esters is 1. The first-order chi connectivity index (χ1) is 6.54. The van der Waals surface area contributed by atoms with E-state index in [1.54, 1.807) is 11.3 Å². The zero-order valence-electron chi connectivity index (χ0n) is 8.45. The molecule has 1 aromatic rings. The van der Waals surface area contributed by atoms with Gasteiger partial charge >= 0.3 is 5.97 Å². The van der Waals surface area contributed by atoms with Crippen LogP contribution >= 0.6 is 39.7 Å². The van der Waals surface area contributed by atoms with Gasteiger partial charge in [0.25, 0.3) is 0 Å². The molecule has 6 heteroatoms. The van der Waals surface area contributed by atoms with Crippen molar-refractivity contribution in [3.05, 3.63) is 20.3 Å². The molecule has 0 fully saturated rings. The fourth-order valence-electron chi connectivity index (χ4n) is 1.03. The Kier molecular flexibility index (Phi) is 6.43. The number of aryl methyl sites for hydroxylation is 1. The van der Waals surface area contributed by atoms with E-state index in [1.807, 2.05) is 13.0 Å². The van der Waals surface area contributed by atoms with Gasteiger partial charge in [-0.15, -0.1) is 23.7 Å². The summed E-state index contributed by atoms with van der Waals surface area (Å²) in [5.74, 6) is -0.278. The maximum atomic E-state index is 11.0. The molecule has 86 valence electrons. The van der Waals surface area contributed by atoms with Crippen LogP contribution in [0.3, 0.4) is 0 Å². The van der Waals surface area contributed by atoms with E-state index in [0.29, 0.717) is 0 Å². The lowest BCUT2D eigenvalue weighted by atomic mass is 10.2. The highest BCUT2D eigenvalue weighted by atomic mass is 79.9. The highest BCUT2D eigenvalue weighted by Gasteiger charge is 2.14. The van der Waals surface area contributed by atoms with Gasteiger partial charge in [0.1, 0.15) is 0 Å². The van der Waals surface area contributed by atoms with E-state index in [-0.39, 0.29) is 30.8 Å². The molecule has 0 aliphatic heterocycles. The Hall–Kier alpha value is -0.100. The van der Waals surface area contributed by atoms with E-state index in [9.17, 15) is 4.79 Å². The Morgan fingerprint density at radius 3 is 2.73 bits per heavy atom. The molecule has 0 aliphatic rings. The van der Waals surface area contributed by atoms with Crippen molar-refractivity contribution < 1.29 is 9.53 Å².